The number of nitro benzene ring substituents is 1. The smallest absolute Gasteiger partial charge is 0.339 e. The van der Waals surface area contributed by atoms with Crippen molar-refractivity contribution in [3.05, 3.63) is 39.4 Å². The number of nitrogens with zero attached hydrogens (tertiary/aromatic N) is 2. The van der Waals surface area contributed by atoms with Gasteiger partial charge in [-0.05, 0) is 25.8 Å². The number of likely N-dealkylation sites (tertiary alicyclic amines) is 1. The van der Waals surface area contributed by atoms with Crippen molar-refractivity contribution in [3.8, 4) is 0 Å². The molecule has 2 amide bonds. The van der Waals surface area contributed by atoms with Crippen LogP contribution in [0.25, 0.3) is 0 Å². The van der Waals surface area contributed by atoms with Gasteiger partial charge in [0.15, 0.2) is 6.61 Å². The Balaban J connectivity index is 1.92. The number of carbonyl (C=O) groups excluding carboxylic acids is 3. The molecule has 0 spiro atoms. The van der Waals surface area contributed by atoms with E-state index in [-0.39, 0.29) is 34.5 Å². The second-order valence-electron chi connectivity index (χ2n) is 5.84. The summed E-state index contributed by atoms with van der Waals surface area (Å²) in [5.41, 5.74) is 5.29. The second kappa shape index (κ2) is 7.73. The van der Waals surface area contributed by atoms with Crippen LogP contribution in [0.15, 0.2) is 18.2 Å². The predicted molar refractivity (Wildman–Crippen MR) is 86.6 cm³/mol. The Labute approximate surface area is 143 Å². The van der Waals surface area contributed by atoms with Crippen LogP contribution in [-0.2, 0) is 14.3 Å². The zero-order valence-electron chi connectivity index (χ0n) is 13.8. The van der Waals surface area contributed by atoms with Crippen LogP contribution in [0, 0.1) is 23.0 Å². The quantitative estimate of drug-likeness (QED) is 0.474. The Kier molecular flexibility index (Phi) is 5.68. The number of benzene rings is 1. The van der Waals surface area contributed by atoms with Gasteiger partial charge in [0.1, 0.15) is 0 Å². The monoisotopic (exact) mass is 349 g/mol. The zero-order valence-corrected chi connectivity index (χ0v) is 13.8. The van der Waals surface area contributed by atoms with Crippen molar-refractivity contribution in [3.63, 3.8) is 0 Å². The molecule has 0 unspecified atom stereocenters. The molecule has 0 aliphatic carbocycles. The molecule has 9 nitrogen and oxygen atoms in total. The summed E-state index contributed by atoms with van der Waals surface area (Å²) in [4.78, 5) is 47.1. The van der Waals surface area contributed by atoms with Crippen LogP contribution < -0.4 is 5.73 Å². The van der Waals surface area contributed by atoms with E-state index in [9.17, 15) is 24.5 Å². The molecular weight excluding hydrogens is 330 g/mol. The number of rotatable bonds is 5. The Morgan fingerprint density at radius 3 is 2.52 bits per heavy atom. The minimum absolute atomic E-state index is 0.0504. The molecule has 0 radical (unpaired) electrons. The summed E-state index contributed by atoms with van der Waals surface area (Å²) in [6.45, 7) is 1.74. The molecule has 2 N–H and O–H groups in total. The summed E-state index contributed by atoms with van der Waals surface area (Å²) in [5, 5.41) is 10.9. The van der Waals surface area contributed by atoms with Crippen LogP contribution in [0.3, 0.4) is 0 Å². The van der Waals surface area contributed by atoms with E-state index in [0.29, 0.717) is 25.9 Å². The van der Waals surface area contributed by atoms with Crippen molar-refractivity contribution in [2.24, 2.45) is 11.7 Å². The largest absolute Gasteiger partial charge is 0.452 e. The highest BCUT2D eigenvalue weighted by atomic mass is 16.6. The van der Waals surface area contributed by atoms with Crippen molar-refractivity contribution in [2.75, 3.05) is 19.7 Å². The number of nitrogens with two attached hydrogens (primary N) is 1. The summed E-state index contributed by atoms with van der Waals surface area (Å²) < 4.78 is 4.99. The Morgan fingerprint density at radius 2 is 1.96 bits per heavy atom. The average Bonchev–Trinajstić information content (AvgIpc) is 2.59. The van der Waals surface area contributed by atoms with E-state index in [1.54, 1.807) is 0 Å². The number of esters is 1. The lowest BCUT2D eigenvalue weighted by Crippen LogP contribution is -2.43. The molecule has 1 aliphatic rings. The number of piperidine rings is 1. The van der Waals surface area contributed by atoms with Gasteiger partial charge in [-0.15, -0.1) is 0 Å². The van der Waals surface area contributed by atoms with E-state index in [2.05, 4.69) is 0 Å². The number of hydrogen-bond acceptors (Lipinski definition) is 6. The zero-order chi connectivity index (χ0) is 18.6. The lowest BCUT2D eigenvalue weighted by Gasteiger charge is -2.30. The van der Waals surface area contributed by atoms with Crippen LogP contribution in [0.5, 0.6) is 0 Å². The fraction of sp³-hybridized carbons (Fsp3) is 0.438. The molecule has 1 saturated heterocycles. The van der Waals surface area contributed by atoms with Crippen molar-refractivity contribution >= 4 is 23.5 Å². The molecular formula is C16H19N3O6. The van der Waals surface area contributed by atoms with Crippen LogP contribution in [0.2, 0.25) is 0 Å². The summed E-state index contributed by atoms with van der Waals surface area (Å²) in [6, 6.07) is 4.09. The van der Waals surface area contributed by atoms with Crippen LogP contribution in [0.1, 0.15) is 28.8 Å². The molecule has 134 valence electrons. The van der Waals surface area contributed by atoms with E-state index >= 15 is 0 Å². The minimum Gasteiger partial charge on any atom is -0.452 e. The second-order valence-corrected chi connectivity index (χ2v) is 5.84. The summed E-state index contributed by atoms with van der Waals surface area (Å²) >= 11 is 0. The summed E-state index contributed by atoms with van der Waals surface area (Å²) in [7, 11) is 0. The first-order valence-corrected chi connectivity index (χ1v) is 7.79. The average molecular weight is 349 g/mol. The van der Waals surface area contributed by atoms with Crippen molar-refractivity contribution in [1.29, 1.82) is 0 Å². The molecule has 2 rings (SSSR count). The first-order chi connectivity index (χ1) is 11.8. The molecule has 0 saturated carbocycles. The topological polar surface area (TPSA) is 133 Å². The molecule has 1 fully saturated rings. The van der Waals surface area contributed by atoms with Gasteiger partial charge < -0.3 is 15.4 Å². The number of hydrogen-bond donors (Lipinski definition) is 1. The van der Waals surface area contributed by atoms with Crippen molar-refractivity contribution < 1.29 is 24.0 Å². The molecule has 0 bridgehead atoms. The fourth-order valence-electron chi connectivity index (χ4n) is 2.75. The molecule has 1 aliphatic heterocycles. The van der Waals surface area contributed by atoms with Gasteiger partial charge in [-0.1, -0.05) is 6.07 Å². The van der Waals surface area contributed by atoms with Gasteiger partial charge in [0.05, 0.1) is 10.5 Å². The SMILES string of the molecule is Cc1c(C(=O)OCC(=O)N2CCC(C(N)=O)CC2)cccc1[N+](=O)[O-]. The van der Waals surface area contributed by atoms with E-state index in [1.165, 1.54) is 30.0 Å². The van der Waals surface area contributed by atoms with E-state index in [4.69, 9.17) is 10.5 Å². The highest BCUT2D eigenvalue weighted by molar-refractivity contribution is 5.93. The van der Waals surface area contributed by atoms with Gasteiger partial charge in [-0.25, -0.2) is 4.79 Å². The first-order valence-electron chi connectivity index (χ1n) is 7.79. The third-order valence-electron chi connectivity index (χ3n) is 4.30. The highest BCUT2D eigenvalue weighted by Gasteiger charge is 2.27. The number of amides is 2. The van der Waals surface area contributed by atoms with Crippen molar-refractivity contribution in [1.82, 2.24) is 4.90 Å². The maximum atomic E-state index is 12.1. The molecule has 9 heteroatoms. The van der Waals surface area contributed by atoms with Crippen LogP contribution in [-0.4, -0.2) is 47.3 Å². The lowest BCUT2D eigenvalue weighted by molar-refractivity contribution is -0.385. The Hall–Kier alpha value is -2.97. The molecule has 1 aromatic carbocycles. The van der Waals surface area contributed by atoms with E-state index in [1.807, 2.05) is 0 Å². The first kappa shape index (κ1) is 18.4. The molecule has 0 aromatic heterocycles. The maximum absolute atomic E-state index is 12.1. The van der Waals surface area contributed by atoms with Crippen LogP contribution >= 0.6 is 0 Å². The molecule has 1 heterocycles. The van der Waals surface area contributed by atoms with E-state index in [0.717, 1.165) is 0 Å². The normalized spacial score (nSPS) is 14.8. The fourth-order valence-corrected chi connectivity index (χ4v) is 2.75. The number of primary amides is 1. The van der Waals surface area contributed by atoms with Gasteiger partial charge in [-0.3, -0.25) is 19.7 Å². The Bertz CT molecular complexity index is 710. The standard InChI is InChI=1S/C16H19N3O6/c1-10-12(3-2-4-13(10)19(23)24)16(22)25-9-14(20)18-7-5-11(6-8-18)15(17)21/h2-4,11H,5-9H2,1H3,(H2,17,21). The number of carbonyl (C=O) groups is 3. The Morgan fingerprint density at radius 1 is 1.32 bits per heavy atom. The molecule has 1 aromatic rings. The highest BCUT2D eigenvalue weighted by Crippen LogP contribution is 2.22. The van der Waals surface area contributed by atoms with Crippen LogP contribution in [0.4, 0.5) is 5.69 Å². The van der Waals surface area contributed by atoms with Gasteiger partial charge in [0, 0.05) is 30.6 Å². The van der Waals surface area contributed by atoms with Gasteiger partial charge >= 0.3 is 5.97 Å². The summed E-state index contributed by atoms with van der Waals surface area (Å²) in [5.74, 6) is -1.78. The van der Waals surface area contributed by atoms with Gasteiger partial charge in [0.25, 0.3) is 11.6 Å². The van der Waals surface area contributed by atoms with E-state index < -0.39 is 17.5 Å². The van der Waals surface area contributed by atoms with Gasteiger partial charge in [0.2, 0.25) is 5.91 Å². The maximum Gasteiger partial charge on any atom is 0.339 e. The molecule has 25 heavy (non-hydrogen) atoms. The number of nitro groups is 1. The minimum atomic E-state index is -0.790. The summed E-state index contributed by atoms with van der Waals surface area (Å²) in [6.07, 6.45) is 0.970. The van der Waals surface area contributed by atoms with Gasteiger partial charge in [-0.2, -0.15) is 0 Å². The number of ether oxygens (including phenoxy) is 1. The predicted octanol–water partition coefficient (Wildman–Crippen LogP) is 0.784. The van der Waals surface area contributed by atoms with Crippen molar-refractivity contribution in [2.45, 2.75) is 19.8 Å². The third-order valence-corrected chi connectivity index (χ3v) is 4.30. The lowest BCUT2D eigenvalue weighted by atomic mass is 9.96. The third kappa shape index (κ3) is 4.31. The molecule has 0 atom stereocenters.